The minimum absolute atomic E-state index is 0.166. The summed E-state index contributed by atoms with van der Waals surface area (Å²) in [5, 5.41) is 2.16. The van der Waals surface area contributed by atoms with Crippen LogP contribution >= 0.6 is 0 Å². The smallest absolute Gasteiger partial charge is 0.246 e. The molecule has 1 aliphatic rings. The van der Waals surface area contributed by atoms with Gasteiger partial charge in [-0.3, -0.25) is 14.9 Å². The second kappa shape index (κ2) is 3.45. The molecule has 5 nitrogen and oxygen atoms in total. The maximum absolute atomic E-state index is 10.8. The second-order valence-corrected chi connectivity index (χ2v) is 2.22. The van der Waals surface area contributed by atoms with Gasteiger partial charge in [-0.05, 0) is 6.92 Å². The van der Waals surface area contributed by atoms with Gasteiger partial charge in [0.25, 0.3) is 0 Å². The summed E-state index contributed by atoms with van der Waals surface area (Å²) >= 11 is 0. The Morgan fingerprint density at radius 1 is 1.73 bits per heavy atom. The van der Waals surface area contributed by atoms with Crippen LogP contribution in [0.25, 0.3) is 0 Å². The van der Waals surface area contributed by atoms with Crippen LogP contribution in [-0.2, 0) is 14.4 Å². The predicted molar refractivity (Wildman–Crippen MR) is 36.3 cm³/mol. The van der Waals surface area contributed by atoms with Crippen molar-refractivity contribution >= 4 is 11.8 Å². The fourth-order valence-corrected chi connectivity index (χ4v) is 0.833. The Morgan fingerprint density at radius 3 is 2.91 bits per heavy atom. The Hall–Kier alpha value is -0.940. The number of hydroxylamine groups is 1. The van der Waals surface area contributed by atoms with Crippen molar-refractivity contribution in [2.75, 3.05) is 6.61 Å². The maximum Gasteiger partial charge on any atom is 0.246 e. The standard InChI is InChI=1S/C6H10N2O3/c1-2-11-8-4-3-5(9)7-6(4)10/h4,8H,2-3H2,1H3,(H,7,9,10). The Labute approximate surface area is 64.0 Å². The third kappa shape index (κ3) is 1.99. The normalized spacial score (nSPS) is 23.9. The number of hydrogen-bond acceptors (Lipinski definition) is 4. The third-order valence-corrected chi connectivity index (χ3v) is 1.34. The van der Waals surface area contributed by atoms with Crippen LogP contribution in [0.4, 0.5) is 0 Å². The molecule has 0 bridgehead atoms. The molecule has 1 fully saturated rings. The fraction of sp³-hybridized carbons (Fsp3) is 0.667. The molecule has 2 amide bonds. The van der Waals surface area contributed by atoms with Crippen molar-refractivity contribution in [3.63, 3.8) is 0 Å². The molecule has 0 saturated carbocycles. The number of rotatable bonds is 3. The van der Waals surface area contributed by atoms with Crippen LogP contribution < -0.4 is 10.8 Å². The Bertz CT molecular complexity index is 181. The highest BCUT2D eigenvalue weighted by atomic mass is 16.6. The Balaban J connectivity index is 2.34. The van der Waals surface area contributed by atoms with Crippen LogP contribution in [-0.4, -0.2) is 24.5 Å². The van der Waals surface area contributed by atoms with Gasteiger partial charge in [-0.25, -0.2) is 0 Å². The fourth-order valence-electron chi connectivity index (χ4n) is 0.833. The van der Waals surface area contributed by atoms with Gasteiger partial charge in [-0.2, -0.15) is 5.48 Å². The Kier molecular flexibility index (Phi) is 2.56. The van der Waals surface area contributed by atoms with Crippen LogP contribution in [0.15, 0.2) is 0 Å². The summed E-state index contributed by atoms with van der Waals surface area (Å²) in [6.45, 7) is 2.26. The van der Waals surface area contributed by atoms with Crippen molar-refractivity contribution in [2.24, 2.45) is 0 Å². The first-order valence-electron chi connectivity index (χ1n) is 3.45. The van der Waals surface area contributed by atoms with Gasteiger partial charge in [-0.1, -0.05) is 0 Å². The van der Waals surface area contributed by atoms with E-state index in [-0.39, 0.29) is 18.2 Å². The molecule has 1 heterocycles. The molecular weight excluding hydrogens is 148 g/mol. The van der Waals surface area contributed by atoms with E-state index in [1.807, 2.05) is 0 Å². The molecule has 1 rings (SSSR count). The van der Waals surface area contributed by atoms with Gasteiger partial charge in [0.2, 0.25) is 11.8 Å². The highest BCUT2D eigenvalue weighted by molar-refractivity contribution is 6.05. The summed E-state index contributed by atoms with van der Waals surface area (Å²) in [5.41, 5.74) is 2.48. The van der Waals surface area contributed by atoms with Gasteiger partial charge in [0, 0.05) is 0 Å². The van der Waals surface area contributed by atoms with E-state index in [2.05, 4.69) is 10.8 Å². The first-order chi connectivity index (χ1) is 5.24. The average Bonchev–Trinajstić information content (AvgIpc) is 2.26. The van der Waals surface area contributed by atoms with E-state index in [1.54, 1.807) is 6.92 Å². The monoisotopic (exact) mass is 158 g/mol. The highest BCUT2D eigenvalue weighted by Crippen LogP contribution is 2.00. The van der Waals surface area contributed by atoms with E-state index in [1.165, 1.54) is 0 Å². The number of imide groups is 1. The van der Waals surface area contributed by atoms with Crippen LogP contribution in [0, 0.1) is 0 Å². The zero-order chi connectivity index (χ0) is 8.27. The van der Waals surface area contributed by atoms with E-state index in [9.17, 15) is 9.59 Å². The van der Waals surface area contributed by atoms with Crippen LogP contribution in [0.2, 0.25) is 0 Å². The molecule has 0 aromatic carbocycles. The third-order valence-electron chi connectivity index (χ3n) is 1.34. The summed E-state index contributed by atoms with van der Waals surface area (Å²) in [6, 6.07) is -0.512. The van der Waals surface area contributed by atoms with Crippen molar-refractivity contribution in [3.05, 3.63) is 0 Å². The van der Waals surface area contributed by atoms with Gasteiger partial charge in [-0.15, -0.1) is 0 Å². The summed E-state index contributed by atoms with van der Waals surface area (Å²) in [7, 11) is 0. The minimum Gasteiger partial charge on any atom is -0.301 e. The molecular formula is C6H10N2O3. The largest absolute Gasteiger partial charge is 0.301 e. The summed E-state index contributed by atoms with van der Waals surface area (Å²) in [5.74, 6) is -0.573. The van der Waals surface area contributed by atoms with Gasteiger partial charge >= 0.3 is 0 Å². The number of carbonyl (C=O) groups excluding carboxylic acids is 2. The van der Waals surface area contributed by atoms with Crippen molar-refractivity contribution in [1.82, 2.24) is 10.8 Å². The van der Waals surface area contributed by atoms with Gasteiger partial charge < -0.3 is 4.84 Å². The van der Waals surface area contributed by atoms with Crippen molar-refractivity contribution in [3.8, 4) is 0 Å². The van der Waals surface area contributed by atoms with Gasteiger partial charge in [0.05, 0.1) is 13.0 Å². The lowest BCUT2D eigenvalue weighted by atomic mass is 10.3. The summed E-state index contributed by atoms with van der Waals surface area (Å²) < 4.78 is 0. The first kappa shape index (κ1) is 8.16. The molecule has 11 heavy (non-hydrogen) atoms. The Morgan fingerprint density at radius 2 is 2.45 bits per heavy atom. The van der Waals surface area contributed by atoms with E-state index in [0.29, 0.717) is 6.61 Å². The van der Waals surface area contributed by atoms with Gasteiger partial charge in [0.1, 0.15) is 6.04 Å². The molecule has 1 atom stereocenters. The number of nitrogens with one attached hydrogen (secondary N) is 2. The molecule has 1 saturated heterocycles. The van der Waals surface area contributed by atoms with Crippen molar-refractivity contribution in [2.45, 2.75) is 19.4 Å². The second-order valence-electron chi connectivity index (χ2n) is 2.22. The summed E-state index contributed by atoms with van der Waals surface area (Å²) in [4.78, 5) is 26.2. The topological polar surface area (TPSA) is 67.4 Å². The molecule has 0 aromatic heterocycles. The lowest BCUT2D eigenvalue weighted by Gasteiger charge is -2.06. The lowest BCUT2D eigenvalue weighted by molar-refractivity contribution is -0.126. The zero-order valence-corrected chi connectivity index (χ0v) is 6.22. The van der Waals surface area contributed by atoms with Crippen molar-refractivity contribution in [1.29, 1.82) is 0 Å². The van der Waals surface area contributed by atoms with Crippen LogP contribution in [0.1, 0.15) is 13.3 Å². The molecule has 0 radical (unpaired) electrons. The van der Waals surface area contributed by atoms with E-state index in [0.717, 1.165) is 0 Å². The highest BCUT2D eigenvalue weighted by Gasteiger charge is 2.30. The number of hydrogen-bond donors (Lipinski definition) is 2. The maximum atomic E-state index is 10.8. The predicted octanol–water partition coefficient (Wildman–Crippen LogP) is -1.06. The molecule has 1 unspecified atom stereocenters. The minimum atomic E-state index is -0.512. The van der Waals surface area contributed by atoms with Crippen LogP contribution in [0.3, 0.4) is 0 Å². The van der Waals surface area contributed by atoms with E-state index >= 15 is 0 Å². The lowest BCUT2D eigenvalue weighted by Crippen LogP contribution is -2.36. The number of amides is 2. The molecule has 0 spiro atoms. The molecule has 62 valence electrons. The van der Waals surface area contributed by atoms with E-state index in [4.69, 9.17) is 4.84 Å². The zero-order valence-electron chi connectivity index (χ0n) is 6.22. The molecule has 0 aliphatic carbocycles. The summed E-state index contributed by atoms with van der Waals surface area (Å²) in [6.07, 6.45) is 0.166. The van der Waals surface area contributed by atoms with Crippen LogP contribution in [0.5, 0.6) is 0 Å². The molecule has 5 heteroatoms. The molecule has 2 N–H and O–H groups in total. The quantitative estimate of drug-likeness (QED) is 0.406. The SMILES string of the molecule is CCONC1CC(=O)NC1=O. The van der Waals surface area contributed by atoms with E-state index < -0.39 is 6.04 Å². The number of carbonyl (C=O) groups is 2. The average molecular weight is 158 g/mol. The van der Waals surface area contributed by atoms with Gasteiger partial charge in [0.15, 0.2) is 0 Å². The first-order valence-corrected chi connectivity index (χ1v) is 3.45. The molecule has 0 aromatic rings. The van der Waals surface area contributed by atoms with Crippen molar-refractivity contribution < 1.29 is 14.4 Å². The molecule has 1 aliphatic heterocycles.